The Kier molecular flexibility index (Phi) is 5.92. The van der Waals surface area contributed by atoms with Gasteiger partial charge in [0.1, 0.15) is 5.75 Å². The molecule has 2 aromatic carbocycles. The number of carboxylic acid groups (broad SMARTS) is 1. The summed E-state index contributed by atoms with van der Waals surface area (Å²) in [7, 11) is 0. The number of hydrogen-bond acceptors (Lipinski definition) is 3. The number of aryl methyl sites for hydroxylation is 1. The van der Waals surface area contributed by atoms with E-state index in [1.807, 2.05) is 49.4 Å². The van der Waals surface area contributed by atoms with Crippen molar-refractivity contribution in [3.63, 3.8) is 0 Å². The van der Waals surface area contributed by atoms with E-state index in [0.717, 1.165) is 11.1 Å². The first-order valence-corrected chi connectivity index (χ1v) is 7.58. The molecule has 4 nitrogen and oxygen atoms in total. The van der Waals surface area contributed by atoms with Crippen LogP contribution in [0.3, 0.4) is 0 Å². The Labute approximate surface area is 135 Å². The second-order valence-electron chi connectivity index (χ2n) is 5.55. The molecule has 1 N–H and O–H groups in total. The van der Waals surface area contributed by atoms with Crippen molar-refractivity contribution in [1.29, 1.82) is 0 Å². The van der Waals surface area contributed by atoms with Crippen LogP contribution in [0, 0.1) is 12.8 Å². The lowest BCUT2D eigenvalue weighted by atomic mass is 9.95. The van der Waals surface area contributed by atoms with Crippen LogP contribution < -0.4 is 4.74 Å². The number of aliphatic carboxylic acids is 1. The van der Waals surface area contributed by atoms with E-state index in [-0.39, 0.29) is 18.8 Å². The maximum Gasteiger partial charge on any atom is 0.314 e. The van der Waals surface area contributed by atoms with E-state index in [0.29, 0.717) is 12.2 Å². The maximum atomic E-state index is 12.4. The monoisotopic (exact) mass is 312 g/mol. The molecule has 23 heavy (non-hydrogen) atoms. The molecule has 0 aliphatic heterocycles. The molecule has 0 aliphatic carbocycles. The highest BCUT2D eigenvalue weighted by Gasteiger charge is 2.22. The quantitative estimate of drug-likeness (QED) is 0.626. The van der Waals surface area contributed by atoms with Crippen LogP contribution in [-0.2, 0) is 16.0 Å². The Morgan fingerprint density at radius 1 is 1.04 bits per heavy atom. The summed E-state index contributed by atoms with van der Waals surface area (Å²) in [5.41, 5.74) is 2.07. The summed E-state index contributed by atoms with van der Waals surface area (Å²) in [5, 5.41) is 8.88. The van der Waals surface area contributed by atoms with Gasteiger partial charge >= 0.3 is 11.9 Å². The molecule has 0 radical (unpaired) electrons. The summed E-state index contributed by atoms with van der Waals surface area (Å²) >= 11 is 0. The first kappa shape index (κ1) is 16.7. The van der Waals surface area contributed by atoms with Gasteiger partial charge in [-0.05, 0) is 37.5 Å². The first-order valence-electron chi connectivity index (χ1n) is 7.58. The van der Waals surface area contributed by atoms with Crippen molar-refractivity contribution >= 4 is 11.9 Å². The van der Waals surface area contributed by atoms with Crippen molar-refractivity contribution in [3.05, 3.63) is 65.7 Å². The fraction of sp³-hybridized carbons (Fsp3) is 0.263. The molecule has 120 valence electrons. The lowest BCUT2D eigenvalue weighted by molar-refractivity contribution is -0.140. The fourth-order valence-electron chi connectivity index (χ4n) is 2.31. The van der Waals surface area contributed by atoms with Gasteiger partial charge in [0.2, 0.25) is 0 Å². The summed E-state index contributed by atoms with van der Waals surface area (Å²) in [6, 6.07) is 16.8. The summed E-state index contributed by atoms with van der Waals surface area (Å²) in [4.78, 5) is 23.2. The zero-order valence-electron chi connectivity index (χ0n) is 13.1. The average molecular weight is 312 g/mol. The van der Waals surface area contributed by atoms with Crippen LogP contribution in [-0.4, -0.2) is 17.0 Å². The second-order valence-corrected chi connectivity index (χ2v) is 5.55. The highest BCUT2D eigenvalue weighted by Crippen LogP contribution is 2.19. The number of rotatable bonds is 7. The maximum absolute atomic E-state index is 12.4. The molecule has 4 heteroatoms. The summed E-state index contributed by atoms with van der Waals surface area (Å²) in [6.07, 6.45) is 0.675. The fourth-order valence-corrected chi connectivity index (χ4v) is 2.31. The average Bonchev–Trinajstić information content (AvgIpc) is 2.54. The van der Waals surface area contributed by atoms with Crippen LogP contribution in [0.15, 0.2) is 54.6 Å². The molecule has 0 spiro atoms. The number of benzene rings is 2. The van der Waals surface area contributed by atoms with Gasteiger partial charge in [0, 0.05) is 6.42 Å². The van der Waals surface area contributed by atoms with Crippen LogP contribution in [0.5, 0.6) is 5.75 Å². The van der Waals surface area contributed by atoms with Gasteiger partial charge in [0.15, 0.2) is 0 Å². The Balaban J connectivity index is 2.06. The lowest BCUT2D eigenvalue weighted by Crippen LogP contribution is -2.23. The zero-order chi connectivity index (χ0) is 16.7. The predicted octanol–water partition coefficient (Wildman–Crippen LogP) is 3.62. The predicted molar refractivity (Wildman–Crippen MR) is 87.3 cm³/mol. The molecule has 0 fully saturated rings. The van der Waals surface area contributed by atoms with Crippen molar-refractivity contribution < 1.29 is 19.4 Å². The highest BCUT2D eigenvalue weighted by atomic mass is 16.5. The van der Waals surface area contributed by atoms with Crippen LogP contribution in [0.4, 0.5) is 0 Å². The minimum atomic E-state index is -0.911. The van der Waals surface area contributed by atoms with E-state index in [1.165, 1.54) is 0 Å². The van der Waals surface area contributed by atoms with E-state index in [4.69, 9.17) is 9.84 Å². The lowest BCUT2D eigenvalue weighted by Gasteiger charge is -2.15. The molecule has 0 bridgehead atoms. The van der Waals surface area contributed by atoms with Gasteiger partial charge in [-0.3, -0.25) is 9.59 Å². The largest absolute Gasteiger partial charge is 0.481 e. The van der Waals surface area contributed by atoms with E-state index in [9.17, 15) is 9.59 Å². The van der Waals surface area contributed by atoms with Gasteiger partial charge in [-0.2, -0.15) is 0 Å². The van der Waals surface area contributed by atoms with Gasteiger partial charge in [-0.1, -0.05) is 48.0 Å². The molecular formula is C19H20O4. The molecule has 1 atom stereocenters. The molecule has 2 rings (SSSR count). The van der Waals surface area contributed by atoms with Gasteiger partial charge < -0.3 is 9.84 Å². The second kappa shape index (κ2) is 8.13. The number of carbonyl (C=O) groups is 2. The number of hydrogen-bond donors (Lipinski definition) is 1. The molecule has 0 aliphatic rings. The van der Waals surface area contributed by atoms with Crippen molar-refractivity contribution in [3.8, 4) is 5.75 Å². The highest BCUT2D eigenvalue weighted by molar-refractivity contribution is 5.76. The van der Waals surface area contributed by atoms with Gasteiger partial charge in [0.25, 0.3) is 0 Å². The Hall–Kier alpha value is -2.62. The van der Waals surface area contributed by atoms with Crippen LogP contribution in [0.25, 0.3) is 0 Å². The molecule has 0 unspecified atom stereocenters. The molecule has 0 saturated carbocycles. The third kappa shape index (κ3) is 5.58. The number of esters is 1. The third-order valence-electron chi connectivity index (χ3n) is 3.60. The smallest absolute Gasteiger partial charge is 0.314 e. The van der Waals surface area contributed by atoms with E-state index in [2.05, 4.69) is 0 Å². The van der Waals surface area contributed by atoms with Crippen molar-refractivity contribution in [2.45, 2.75) is 26.2 Å². The summed E-state index contributed by atoms with van der Waals surface area (Å²) in [6.45, 7) is 1.96. The number of carboxylic acids is 1. The normalized spacial score (nSPS) is 11.7. The van der Waals surface area contributed by atoms with Gasteiger partial charge in [-0.25, -0.2) is 0 Å². The topological polar surface area (TPSA) is 63.6 Å². The van der Waals surface area contributed by atoms with E-state index in [1.54, 1.807) is 12.1 Å². The van der Waals surface area contributed by atoms with Gasteiger partial charge in [0.05, 0.1) is 5.92 Å². The van der Waals surface area contributed by atoms with Crippen molar-refractivity contribution in [2.24, 2.45) is 5.92 Å². The van der Waals surface area contributed by atoms with E-state index < -0.39 is 11.9 Å². The van der Waals surface area contributed by atoms with Gasteiger partial charge in [-0.15, -0.1) is 0 Å². The Morgan fingerprint density at radius 3 is 2.30 bits per heavy atom. The standard InChI is InChI=1S/C19H20O4/c1-14-7-10-17(11-8-14)23-19(22)16(9-12-18(20)21)13-15-5-3-2-4-6-15/h2-8,10-11,16H,9,12-13H2,1H3,(H,20,21)/t16-/m0/s1. The van der Waals surface area contributed by atoms with Crippen molar-refractivity contribution in [2.75, 3.05) is 0 Å². The first-order chi connectivity index (χ1) is 11.0. The van der Waals surface area contributed by atoms with Crippen LogP contribution in [0.2, 0.25) is 0 Å². The minimum absolute atomic E-state index is 0.0551. The van der Waals surface area contributed by atoms with Crippen molar-refractivity contribution in [1.82, 2.24) is 0 Å². The number of ether oxygens (including phenoxy) is 1. The Bertz CT molecular complexity index is 647. The molecular weight excluding hydrogens is 292 g/mol. The molecule has 0 aromatic heterocycles. The van der Waals surface area contributed by atoms with E-state index >= 15 is 0 Å². The molecule has 2 aromatic rings. The van der Waals surface area contributed by atoms with Crippen LogP contribution in [0.1, 0.15) is 24.0 Å². The minimum Gasteiger partial charge on any atom is -0.481 e. The Morgan fingerprint density at radius 2 is 1.70 bits per heavy atom. The molecule has 0 saturated heterocycles. The third-order valence-corrected chi connectivity index (χ3v) is 3.60. The molecule has 0 heterocycles. The summed E-state index contributed by atoms with van der Waals surface area (Å²) in [5.74, 6) is -1.30. The number of carbonyl (C=O) groups excluding carboxylic acids is 1. The molecule has 0 amide bonds. The zero-order valence-corrected chi connectivity index (χ0v) is 13.1. The summed E-state index contributed by atoms with van der Waals surface area (Å²) < 4.78 is 5.40. The van der Waals surface area contributed by atoms with Crippen LogP contribution >= 0.6 is 0 Å². The SMILES string of the molecule is Cc1ccc(OC(=O)[C@@H](CCC(=O)O)Cc2ccccc2)cc1.